The van der Waals surface area contributed by atoms with E-state index in [1.165, 1.54) is 5.56 Å². The highest BCUT2D eigenvalue weighted by molar-refractivity contribution is 6.05. The third kappa shape index (κ3) is 5.67. The molecular weight excluding hydrogens is 376 g/mol. The quantitative estimate of drug-likeness (QED) is 0.507. The van der Waals surface area contributed by atoms with Crippen LogP contribution in [0.15, 0.2) is 60.7 Å². The molecule has 5 nitrogen and oxygen atoms in total. The Morgan fingerprint density at radius 3 is 2.33 bits per heavy atom. The molecule has 3 rings (SSSR count). The van der Waals surface area contributed by atoms with Crippen molar-refractivity contribution < 1.29 is 14.3 Å². The van der Waals surface area contributed by atoms with Gasteiger partial charge in [0.1, 0.15) is 11.5 Å². The van der Waals surface area contributed by atoms with Gasteiger partial charge in [-0.3, -0.25) is 9.78 Å². The van der Waals surface area contributed by atoms with E-state index in [1.54, 1.807) is 12.1 Å². The van der Waals surface area contributed by atoms with Crippen LogP contribution in [-0.2, 0) is 4.74 Å². The summed E-state index contributed by atoms with van der Waals surface area (Å²) in [5.74, 6) is 1.19. The molecule has 0 radical (unpaired) electrons. The molecule has 156 valence electrons. The Labute approximate surface area is 178 Å². The molecule has 1 unspecified atom stereocenters. The van der Waals surface area contributed by atoms with Gasteiger partial charge in [0.2, 0.25) is 0 Å². The molecule has 1 aromatic heterocycles. The van der Waals surface area contributed by atoms with E-state index in [0.717, 1.165) is 11.4 Å². The maximum absolute atomic E-state index is 12.8. The van der Waals surface area contributed by atoms with Crippen molar-refractivity contribution >= 4 is 11.6 Å². The first kappa shape index (κ1) is 21.5. The van der Waals surface area contributed by atoms with Gasteiger partial charge in [-0.25, -0.2) is 0 Å². The summed E-state index contributed by atoms with van der Waals surface area (Å²) in [5, 5.41) is 2.93. The number of hydrogen-bond acceptors (Lipinski definition) is 4. The molecule has 0 aliphatic rings. The van der Waals surface area contributed by atoms with Crippen molar-refractivity contribution in [2.45, 2.75) is 46.8 Å². The molecule has 1 atom stereocenters. The van der Waals surface area contributed by atoms with Gasteiger partial charge in [-0.05, 0) is 71.0 Å². The fourth-order valence-electron chi connectivity index (χ4n) is 3.10. The third-order valence-corrected chi connectivity index (χ3v) is 4.59. The lowest BCUT2D eigenvalue weighted by Gasteiger charge is -2.17. The summed E-state index contributed by atoms with van der Waals surface area (Å²) in [5.41, 5.74) is 3.83. The topological polar surface area (TPSA) is 60.5 Å². The van der Waals surface area contributed by atoms with E-state index in [1.807, 2.05) is 83.1 Å². The Hall–Kier alpha value is -3.18. The number of rotatable bonds is 7. The maximum Gasteiger partial charge on any atom is 0.257 e. The Kier molecular flexibility index (Phi) is 6.85. The number of nitrogens with zero attached hydrogens (tertiary/aromatic N) is 1. The van der Waals surface area contributed by atoms with Crippen molar-refractivity contribution in [3.8, 4) is 11.5 Å². The average Bonchev–Trinajstić information content (AvgIpc) is 2.69. The van der Waals surface area contributed by atoms with E-state index in [4.69, 9.17) is 9.47 Å². The number of aromatic nitrogens is 1. The van der Waals surface area contributed by atoms with E-state index in [2.05, 4.69) is 10.3 Å². The summed E-state index contributed by atoms with van der Waals surface area (Å²) >= 11 is 0. The molecule has 5 heteroatoms. The molecule has 0 saturated carbocycles. The monoisotopic (exact) mass is 404 g/mol. The van der Waals surface area contributed by atoms with Crippen LogP contribution in [0.25, 0.3) is 0 Å². The standard InChI is InChI=1S/C25H28N2O3/c1-16(2)29-19(5)24-14-13-23(18(4)26-24)25(28)27-20-7-6-8-22(15-20)30-21-11-9-17(3)10-12-21/h6-16,19H,1-5H3,(H,27,28). The lowest BCUT2D eigenvalue weighted by atomic mass is 10.1. The van der Waals surface area contributed by atoms with Crippen LogP contribution in [0.5, 0.6) is 11.5 Å². The molecule has 0 bridgehead atoms. The van der Waals surface area contributed by atoms with Gasteiger partial charge in [-0.2, -0.15) is 0 Å². The molecule has 0 aliphatic heterocycles. The van der Waals surface area contributed by atoms with Crippen molar-refractivity contribution in [3.05, 3.63) is 83.2 Å². The van der Waals surface area contributed by atoms with Gasteiger partial charge in [0, 0.05) is 11.8 Å². The fraction of sp³-hybridized carbons (Fsp3) is 0.280. The SMILES string of the molecule is Cc1ccc(Oc2cccc(NC(=O)c3ccc(C(C)OC(C)C)nc3C)c2)cc1. The molecule has 30 heavy (non-hydrogen) atoms. The zero-order valence-corrected chi connectivity index (χ0v) is 18.1. The molecular formula is C25H28N2O3. The predicted molar refractivity (Wildman–Crippen MR) is 119 cm³/mol. The minimum absolute atomic E-state index is 0.111. The number of carbonyl (C=O) groups excluding carboxylic acids is 1. The number of aryl methyl sites for hydroxylation is 2. The van der Waals surface area contributed by atoms with E-state index >= 15 is 0 Å². The summed E-state index contributed by atoms with van der Waals surface area (Å²) in [7, 11) is 0. The van der Waals surface area contributed by atoms with Crippen LogP contribution < -0.4 is 10.1 Å². The van der Waals surface area contributed by atoms with Gasteiger partial charge in [-0.15, -0.1) is 0 Å². The molecule has 0 aliphatic carbocycles. The summed E-state index contributed by atoms with van der Waals surface area (Å²) < 4.78 is 11.7. The van der Waals surface area contributed by atoms with Gasteiger partial charge in [0.25, 0.3) is 5.91 Å². The van der Waals surface area contributed by atoms with Crippen LogP contribution in [-0.4, -0.2) is 17.0 Å². The second kappa shape index (κ2) is 9.55. The number of anilines is 1. The summed E-state index contributed by atoms with van der Waals surface area (Å²) in [6.07, 6.45) is -0.0177. The highest BCUT2D eigenvalue weighted by Crippen LogP contribution is 2.25. The van der Waals surface area contributed by atoms with Crippen LogP contribution in [0.3, 0.4) is 0 Å². The third-order valence-electron chi connectivity index (χ3n) is 4.59. The summed E-state index contributed by atoms with van der Waals surface area (Å²) in [4.78, 5) is 17.3. The number of benzene rings is 2. The van der Waals surface area contributed by atoms with Crippen LogP contribution in [0.2, 0.25) is 0 Å². The molecule has 1 amide bonds. The smallest absolute Gasteiger partial charge is 0.257 e. The Balaban J connectivity index is 1.70. The predicted octanol–water partition coefficient (Wildman–Crippen LogP) is 6.23. The Morgan fingerprint density at radius 2 is 1.67 bits per heavy atom. The minimum Gasteiger partial charge on any atom is -0.457 e. The lowest BCUT2D eigenvalue weighted by molar-refractivity contribution is 0.0154. The van der Waals surface area contributed by atoms with Crippen molar-refractivity contribution in [3.63, 3.8) is 0 Å². The number of carbonyl (C=O) groups is 1. The number of ether oxygens (including phenoxy) is 2. The molecule has 1 heterocycles. The second-order valence-corrected chi connectivity index (χ2v) is 7.59. The normalized spacial score (nSPS) is 11.9. The van der Waals surface area contributed by atoms with Gasteiger partial charge in [0.05, 0.1) is 29.2 Å². The Morgan fingerprint density at radius 1 is 0.933 bits per heavy atom. The second-order valence-electron chi connectivity index (χ2n) is 7.59. The van der Waals surface area contributed by atoms with Gasteiger partial charge in [-0.1, -0.05) is 23.8 Å². The van der Waals surface area contributed by atoms with Crippen LogP contribution in [0.4, 0.5) is 5.69 Å². The molecule has 1 N–H and O–H groups in total. The van der Waals surface area contributed by atoms with Gasteiger partial charge >= 0.3 is 0 Å². The number of hydrogen-bond donors (Lipinski definition) is 1. The molecule has 0 spiro atoms. The molecule has 2 aromatic carbocycles. The van der Waals surface area contributed by atoms with E-state index < -0.39 is 0 Å². The maximum atomic E-state index is 12.8. The van der Waals surface area contributed by atoms with Crippen molar-refractivity contribution in [2.75, 3.05) is 5.32 Å². The summed E-state index contributed by atoms with van der Waals surface area (Å²) in [6.45, 7) is 9.80. The number of amides is 1. The zero-order chi connectivity index (χ0) is 21.7. The number of pyridine rings is 1. The van der Waals surface area contributed by atoms with Crippen LogP contribution >= 0.6 is 0 Å². The van der Waals surface area contributed by atoms with E-state index in [0.29, 0.717) is 22.7 Å². The number of nitrogens with one attached hydrogen (secondary N) is 1. The average molecular weight is 405 g/mol. The van der Waals surface area contributed by atoms with Gasteiger partial charge in [0.15, 0.2) is 0 Å². The van der Waals surface area contributed by atoms with E-state index in [9.17, 15) is 4.79 Å². The largest absolute Gasteiger partial charge is 0.457 e. The lowest BCUT2D eigenvalue weighted by Crippen LogP contribution is -2.16. The first-order valence-electron chi connectivity index (χ1n) is 10.1. The highest BCUT2D eigenvalue weighted by Gasteiger charge is 2.15. The molecule has 0 saturated heterocycles. The highest BCUT2D eigenvalue weighted by atomic mass is 16.5. The van der Waals surface area contributed by atoms with Crippen LogP contribution in [0, 0.1) is 13.8 Å². The first-order chi connectivity index (χ1) is 14.3. The van der Waals surface area contributed by atoms with Crippen LogP contribution in [0.1, 0.15) is 54.2 Å². The molecule has 0 fully saturated rings. The zero-order valence-electron chi connectivity index (χ0n) is 18.1. The fourth-order valence-corrected chi connectivity index (χ4v) is 3.10. The van der Waals surface area contributed by atoms with E-state index in [-0.39, 0.29) is 18.1 Å². The van der Waals surface area contributed by atoms with Crippen molar-refractivity contribution in [1.29, 1.82) is 0 Å². The minimum atomic E-state index is -0.212. The van der Waals surface area contributed by atoms with Gasteiger partial charge < -0.3 is 14.8 Å². The first-order valence-corrected chi connectivity index (χ1v) is 10.1. The Bertz CT molecular complexity index is 1010. The van der Waals surface area contributed by atoms with Crippen molar-refractivity contribution in [1.82, 2.24) is 4.98 Å². The summed E-state index contributed by atoms with van der Waals surface area (Å²) in [6, 6.07) is 18.8. The van der Waals surface area contributed by atoms with Crippen molar-refractivity contribution in [2.24, 2.45) is 0 Å². The molecule has 3 aromatic rings.